The molecule has 0 atom stereocenters. The molecule has 0 bridgehead atoms. The van der Waals surface area contributed by atoms with Gasteiger partial charge in [-0.1, -0.05) is 34.5 Å². The lowest BCUT2D eigenvalue weighted by Gasteiger charge is -2.08. The maximum Gasteiger partial charge on any atom is 0.227 e. The van der Waals surface area contributed by atoms with Gasteiger partial charge in [0.1, 0.15) is 0 Å². The van der Waals surface area contributed by atoms with Crippen molar-refractivity contribution < 1.29 is 9.32 Å². The topological polar surface area (TPSA) is 68.0 Å². The van der Waals surface area contributed by atoms with E-state index in [2.05, 4.69) is 15.5 Å². The van der Waals surface area contributed by atoms with Crippen LogP contribution in [0.1, 0.15) is 23.4 Å². The number of amides is 1. The molecule has 1 N–H and O–H groups in total. The van der Waals surface area contributed by atoms with E-state index in [9.17, 15) is 4.79 Å². The van der Waals surface area contributed by atoms with Gasteiger partial charge in [0.25, 0.3) is 0 Å². The highest BCUT2D eigenvalue weighted by atomic mass is 35.5. The van der Waals surface area contributed by atoms with Gasteiger partial charge >= 0.3 is 0 Å². The van der Waals surface area contributed by atoms with E-state index in [-0.39, 0.29) is 12.3 Å². The number of hydrogen-bond donors (Lipinski definition) is 1. The molecule has 0 spiro atoms. The molecule has 0 saturated carbocycles. The van der Waals surface area contributed by atoms with Crippen LogP contribution >= 0.6 is 11.6 Å². The highest BCUT2D eigenvalue weighted by Gasteiger charge is 2.11. The number of aromatic nitrogens is 2. The van der Waals surface area contributed by atoms with Gasteiger partial charge in [-0.15, -0.1) is 0 Å². The van der Waals surface area contributed by atoms with Crippen LogP contribution in [0.25, 0.3) is 11.4 Å². The molecule has 1 aromatic heterocycles. The first-order chi connectivity index (χ1) is 12.0. The van der Waals surface area contributed by atoms with Crippen molar-refractivity contribution in [1.29, 1.82) is 0 Å². The molecule has 0 aliphatic heterocycles. The summed E-state index contributed by atoms with van der Waals surface area (Å²) < 4.78 is 5.22. The van der Waals surface area contributed by atoms with E-state index in [1.807, 2.05) is 44.2 Å². The Morgan fingerprint density at radius 2 is 1.92 bits per heavy atom. The standard InChI is InChI=1S/C19H18ClN3O2/c1-12-3-8-16(13(2)11-12)21-17(24)9-10-18-22-19(23-25-18)14-4-6-15(20)7-5-14/h3-8,11H,9-10H2,1-2H3,(H,21,24). The quantitative estimate of drug-likeness (QED) is 0.727. The molecule has 2 aromatic carbocycles. The first-order valence-corrected chi connectivity index (χ1v) is 8.35. The van der Waals surface area contributed by atoms with Crippen LogP contribution in [0.3, 0.4) is 0 Å². The van der Waals surface area contributed by atoms with E-state index in [4.69, 9.17) is 16.1 Å². The number of carbonyl (C=O) groups excluding carboxylic acids is 1. The van der Waals surface area contributed by atoms with Gasteiger partial charge in [-0.3, -0.25) is 4.79 Å². The molecular weight excluding hydrogens is 338 g/mol. The largest absolute Gasteiger partial charge is 0.339 e. The fourth-order valence-electron chi connectivity index (χ4n) is 2.46. The first kappa shape index (κ1) is 17.2. The Bertz CT molecular complexity index is 888. The summed E-state index contributed by atoms with van der Waals surface area (Å²) in [5.41, 5.74) is 3.84. The minimum Gasteiger partial charge on any atom is -0.339 e. The third kappa shape index (κ3) is 4.45. The van der Waals surface area contributed by atoms with Crippen LogP contribution in [0.5, 0.6) is 0 Å². The van der Waals surface area contributed by atoms with Gasteiger partial charge in [0.15, 0.2) is 0 Å². The average Bonchev–Trinajstić information content (AvgIpc) is 3.05. The normalized spacial score (nSPS) is 10.7. The summed E-state index contributed by atoms with van der Waals surface area (Å²) in [5.74, 6) is 0.834. The summed E-state index contributed by atoms with van der Waals surface area (Å²) in [4.78, 5) is 16.4. The van der Waals surface area contributed by atoms with Gasteiger partial charge in [0, 0.05) is 29.1 Å². The fourth-order valence-corrected chi connectivity index (χ4v) is 2.59. The Morgan fingerprint density at radius 1 is 1.16 bits per heavy atom. The smallest absolute Gasteiger partial charge is 0.227 e. The molecule has 3 rings (SSSR count). The molecule has 25 heavy (non-hydrogen) atoms. The predicted molar refractivity (Wildman–Crippen MR) is 97.6 cm³/mol. The monoisotopic (exact) mass is 355 g/mol. The zero-order chi connectivity index (χ0) is 17.8. The van der Waals surface area contributed by atoms with Crippen molar-refractivity contribution in [2.45, 2.75) is 26.7 Å². The molecule has 0 aliphatic rings. The first-order valence-electron chi connectivity index (χ1n) is 7.97. The molecule has 0 aliphatic carbocycles. The van der Waals surface area contributed by atoms with Gasteiger partial charge in [-0.25, -0.2) is 0 Å². The number of rotatable bonds is 5. The maximum absolute atomic E-state index is 12.1. The van der Waals surface area contributed by atoms with Crippen LogP contribution in [0, 0.1) is 13.8 Å². The molecule has 0 fully saturated rings. The number of hydrogen-bond acceptors (Lipinski definition) is 4. The van der Waals surface area contributed by atoms with Crippen molar-refractivity contribution in [3.63, 3.8) is 0 Å². The number of halogens is 1. The third-order valence-electron chi connectivity index (χ3n) is 3.79. The second-order valence-corrected chi connectivity index (χ2v) is 6.32. The number of carbonyl (C=O) groups is 1. The summed E-state index contributed by atoms with van der Waals surface area (Å²) in [5, 5.41) is 7.50. The van der Waals surface area contributed by atoms with Crippen molar-refractivity contribution >= 4 is 23.2 Å². The fraction of sp³-hybridized carbons (Fsp3) is 0.211. The maximum atomic E-state index is 12.1. The van der Waals surface area contributed by atoms with E-state index >= 15 is 0 Å². The van der Waals surface area contributed by atoms with E-state index in [1.54, 1.807) is 12.1 Å². The highest BCUT2D eigenvalue weighted by Crippen LogP contribution is 2.19. The van der Waals surface area contributed by atoms with Crippen LogP contribution in [0.15, 0.2) is 47.0 Å². The summed E-state index contributed by atoms with van der Waals surface area (Å²) >= 11 is 5.87. The van der Waals surface area contributed by atoms with Crippen LogP contribution < -0.4 is 5.32 Å². The molecule has 1 amide bonds. The Morgan fingerprint density at radius 3 is 2.64 bits per heavy atom. The molecule has 0 unspecified atom stereocenters. The van der Waals surface area contributed by atoms with Crippen LogP contribution in [-0.2, 0) is 11.2 Å². The molecule has 0 saturated heterocycles. The molecule has 0 radical (unpaired) electrons. The van der Waals surface area contributed by atoms with E-state index < -0.39 is 0 Å². The predicted octanol–water partition coefficient (Wildman–Crippen LogP) is 4.58. The molecular formula is C19H18ClN3O2. The van der Waals surface area contributed by atoms with E-state index in [1.165, 1.54) is 0 Å². The lowest BCUT2D eigenvalue weighted by molar-refractivity contribution is -0.116. The summed E-state index contributed by atoms with van der Waals surface area (Å²) in [6.07, 6.45) is 0.660. The summed E-state index contributed by atoms with van der Waals surface area (Å²) in [6, 6.07) is 13.1. The van der Waals surface area contributed by atoms with Crippen molar-refractivity contribution in [3.05, 3.63) is 64.5 Å². The van der Waals surface area contributed by atoms with E-state index in [0.717, 1.165) is 22.4 Å². The van der Waals surface area contributed by atoms with Crippen molar-refractivity contribution in [2.75, 3.05) is 5.32 Å². The Balaban J connectivity index is 1.58. The molecule has 128 valence electrons. The second-order valence-electron chi connectivity index (χ2n) is 5.89. The number of nitrogens with one attached hydrogen (secondary N) is 1. The van der Waals surface area contributed by atoms with Gasteiger partial charge in [-0.2, -0.15) is 4.98 Å². The Kier molecular flexibility index (Phi) is 5.14. The average molecular weight is 356 g/mol. The zero-order valence-electron chi connectivity index (χ0n) is 14.0. The lowest BCUT2D eigenvalue weighted by atomic mass is 10.1. The molecule has 6 heteroatoms. The zero-order valence-corrected chi connectivity index (χ0v) is 14.8. The number of aryl methyl sites for hydroxylation is 3. The van der Waals surface area contributed by atoms with Crippen LogP contribution in [0.2, 0.25) is 5.02 Å². The summed E-state index contributed by atoms with van der Waals surface area (Å²) in [6.45, 7) is 3.99. The minimum atomic E-state index is -0.0850. The molecule has 3 aromatic rings. The highest BCUT2D eigenvalue weighted by molar-refractivity contribution is 6.30. The van der Waals surface area contributed by atoms with Crippen LogP contribution in [0.4, 0.5) is 5.69 Å². The number of benzene rings is 2. The minimum absolute atomic E-state index is 0.0850. The van der Waals surface area contributed by atoms with Crippen LogP contribution in [-0.4, -0.2) is 16.0 Å². The van der Waals surface area contributed by atoms with Gasteiger partial charge in [0.05, 0.1) is 0 Å². The Labute approximate surface area is 151 Å². The van der Waals surface area contributed by atoms with E-state index in [0.29, 0.717) is 23.2 Å². The third-order valence-corrected chi connectivity index (χ3v) is 4.04. The molecule has 5 nitrogen and oxygen atoms in total. The van der Waals surface area contributed by atoms with Gasteiger partial charge in [0.2, 0.25) is 17.6 Å². The summed E-state index contributed by atoms with van der Waals surface area (Å²) in [7, 11) is 0. The van der Waals surface area contributed by atoms with Crippen molar-refractivity contribution in [1.82, 2.24) is 10.1 Å². The number of nitrogens with zero attached hydrogens (tertiary/aromatic N) is 2. The van der Waals surface area contributed by atoms with Gasteiger partial charge < -0.3 is 9.84 Å². The van der Waals surface area contributed by atoms with Gasteiger partial charge in [-0.05, 0) is 49.7 Å². The number of anilines is 1. The van der Waals surface area contributed by atoms with Crippen molar-refractivity contribution in [2.24, 2.45) is 0 Å². The SMILES string of the molecule is Cc1ccc(NC(=O)CCc2nc(-c3ccc(Cl)cc3)no2)c(C)c1. The van der Waals surface area contributed by atoms with Crippen molar-refractivity contribution in [3.8, 4) is 11.4 Å². The Hall–Kier alpha value is -2.66. The second kappa shape index (κ2) is 7.49. The lowest BCUT2D eigenvalue weighted by Crippen LogP contribution is -2.13. The molecule has 1 heterocycles.